The van der Waals surface area contributed by atoms with E-state index in [1.165, 1.54) is 12.1 Å². The van der Waals surface area contributed by atoms with Gasteiger partial charge in [0.05, 0.1) is 10.6 Å². The van der Waals surface area contributed by atoms with Gasteiger partial charge in [0.25, 0.3) is 0 Å². The second-order valence-corrected chi connectivity index (χ2v) is 7.58. The van der Waals surface area contributed by atoms with Gasteiger partial charge in [-0.05, 0) is 17.5 Å². The standard InChI is InChI=1S/C13H19F3N2O3S/c1-12(2,3)7-18-10-5-4-9(22(17,19)20)6-11(10)21-8-13(14,15)16/h4-6,18H,7-8H2,1-3H3,(H2,17,19,20). The quantitative estimate of drug-likeness (QED) is 0.863. The van der Waals surface area contributed by atoms with Crippen LogP contribution in [0.4, 0.5) is 18.9 Å². The van der Waals surface area contributed by atoms with Crippen LogP contribution in [0, 0.1) is 5.41 Å². The number of sulfonamides is 1. The van der Waals surface area contributed by atoms with E-state index in [0.717, 1.165) is 6.07 Å². The molecule has 0 bridgehead atoms. The van der Waals surface area contributed by atoms with E-state index in [-0.39, 0.29) is 21.7 Å². The summed E-state index contributed by atoms with van der Waals surface area (Å²) in [7, 11) is -4.03. The summed E-state index contributed by atoms with van der Waals surface area (Å²) in [5, 5.41) is 7.92. The minimum absolute atomic E-state index is 0.125. The molecule has 0 aromatic heterocycles. The SMILES string of the molecule is CC(C)(C)CNc1ccc(S(N)(=O)=O)cc1OCC(F)(F)F. The van der Waals surface area contributed by atoms with Crippen LogP contribution in [0.5, 0.6) is 5.75 Å². The van der Waals surface area contributed by atoms with E-state index in [0.29, 0.717) is 6.54 Å². The normalized spacial score (nSPS) is 13.0. The molecule has 126 valence electrons. The van der Waals surface area contributed by atoms with Crippen LogP contribution in [-0.2, 0) is 10.0 Å². The van der Waals surface area contributed by atoms with Crippen molar-refractivity contribution in [3.8, 4) is 5.75 Å². The van der Waals surface area contributed by atoms with E-state index in [2.05, 4.69) is 5.32 Å². The number of alkyl halides is 3. The summed E-state index contributed by atoms with van der Waals surface area (Å²) in [6.45, 7) is 4.76. The number of ether oxygens (including phenoxy) is 1. The van der Waals surface area contributed by atoms with E-state index in [1.54, 1.807) is 0 Å². The maximum atomic E-state index is 12.3. The van der Waals surface area contributed by atoms with Gasteiger partial charge in [-0.2, -0.15) is 13.2 Å². The number of anilines is 1. The molecule has 22 heavy (non-hydrogen) atoms. The zero-order chi connectivity index (χ0) is 17.2. The molecular weight excluding hydrogens is 321 g/mol. The lowest BCUT2D eigenvalue weighted by Crippen LogP contribution is -2.22. The number of nitrogens with one attached hydrogen (secondary N) is 1. The Morgan fingerprint density at radius 2 is 1.82 bits per heavy atom. The summed E-state index contributed by atoms with van der Waals surface area (Å²) in [5.74, 6) is -0.215. The first kappa shape index (κ1) is 18.6. The lowest BCUT2D eigenvalue weighted by molar-refractivity contribution is -0.153. The smallest absolute Gasteiger partial charge is 0.422 e. The van der Waals surface area contributed by atoms with Gasteiger partial charge in [-0.25, -0.2) is 13.6 Å². The molecule has 1 rings (SSSR count). The molecule has 9 heteroatoms. The molecule has 0 heterocycles. The summed E-state index contributed by atoms with van der Waals surface area (Å²) >= 11 is 0. The molecule has 0 saturated heterocycles. The monoisotopic (exact) mass is 340 g/mol. The van der Waals surface area contributed by atoms with Crippen molar-refractivity contribution in [2.75, 3.05) is 18.5 Å². The van der Waals surface area contributed by atoms with Crippen molar-refractivity contribution in [3.63, 3.8) is 0 Å². The van der Waals surface area contributed by atoms with Crippen LogP contribution in [0.3, 0.4) is 0 Å². The van der Waals surface area contributed by atoms with Crippen molar-refractivity contribution in [3.05, 3.63) is 18.2 Å². The molecule has 0 fully saturated rings. The van der Waals surface area contributed by atoms with Gasteiger partial charge in [-0.1, -0.05) is 20.8 Å². The lowest BCUT2D eigenvalue weighted by Gasteiger charge is -2.21. The molecule has 0 amide bonds. The van der Waals surface area contributed by atoms with Gasteiger partial charge in [0.2, 0.25) is 10.0 Å². The van der Waals surface area contributed by atoms with Gasteiger partial charge in [0.15, 0.2) is 6.61 Å². The maximum absolute atomic E-state index is 12.3. The lowest BCUT2D eigenvalue weighted by atomic mass is 9.97. The number of hydrogen-bond donors (Lipinski definition) is 2. The van der Waals surface area contributed by atoms with E-state index >= 15 is 0 Å². The third-order valence-electron chi connectivity index (χ3n) is 2.48. The zero-order valence-electron chi connectivity index (χ0n) is 12.5. The Kier molecular flexibility index (Phi) is 5.34. The van der Waals surface area contributed by atoms with Gasteiger partial charge >= 0.3 is 6.18 Å². The van der Waals surface area contributed by atoms with E-state index in [4.69, 9.17) is 9.88 Å². The molecule has 0 atom stereocenters. The summed E-state index contributed by atoms with van der Waals surface area (Å²) in [6.07, 6.45) is -4.53. The zero-order valence-corrected chi connectivity index (χ0v) is 13.3. The topological polar surface area (TPSA) is 81.4 Å². The van der Waals surface area contributed by atoms with Crippen LogP contribution in [0.2, 0.25) is 0 Å². The third kappa shape index (κ3) is 6.52. The Labute approximate surface area is 127 Å². The number of nitrogens with two attached hydrogens (primary N) is 1. The molecule has 0 aliphatic rings. The minimum atomic E-state index is -4.53. The second kappa shape index (κ2) is 6.33. The molecule has 5 nitrogen and oxygen atoms in total. The molecule has 1 aromatic carbocycles. The summed E-state index contributed by atoms with van der Waals surface area (Å²) in [6, 6.07) is 3.52. The van der Waals surface area contributed by atoms with Gasteiger partial charge in [-0.15, -0.1) is 0 Å². The van der Waals surface area contributed by atoms with E-state index in [1.807, 2.05) is 20.8 Å². The highest BCUT2D eigenvalue weighted by molar-refractivity contribution is 7.89. The van der Waals surface area contributed by atoms with Gasteiger partial charge in [0.1, 0.15) is 5.75 Å². The molecular formula is C13H19F3N2O3S. The second-order valence-electron chi connectivity index (χ2n) is 6.02. The van der Waals surface area contributed by atoms with Crippen LogP contribution >= 0.6 is 0 Å². The molecule has 0 saturated carbocycles. The third-order valence-corrected chi connectivity index (χ3v) is 3.39. The number of rotatable bonds is 5. The van der Waals surface area contributed by atoms with Crippen molar-refractivity contribution in [2.45, 2.75) is 31.8 Å². The van der Waals surface area contributed by atoms with Crippen LogP contribution in [-0.4, -0.2) is 27.7 Å². The molecule has 3 N–H and O–H groups in total. The predicted molar refractivity (Wildman–Crippen MR) is 77.3 cm³/mol. The Morgan fingerprint density at radius 1 is 1.23 bits per heavy atom. The summed E-state index contributed by atoms with van der Waals surface area (Å²) < 4.78 is 64.2. The molecule has 0 unspecified atom stereocenters. The highest BCUT2D eigenvalue weighted by atomic mass is 32.2. The van der Waals surface area contributed by atoms with Crippen molar-refractivity contribution >= 4 is 15.7 Å². The fraction of sp³-hybridized carbons (Fsp3) is 0.538. The van der Waals surface area contributed by atoms with Crippen LogP contribution in [0.1, 0.15) is 20.8 Å². The van der Waals surface area contributed by atoms with Crippen LogP contribution in [0.15, 0.2) is 23.1 Å². The highest BCUT2D eigenvalue weighted by Crippen LogP contribution is 2.30. The minimum Gasteiger partial charge on any atom is -0.482 e. The molecule has 0 aliphatic heterocycles. The van der Waals surface area contributed by atoms with Crippen molar-refractivity contribution < 1.29 is 26.3 Å². The highest BCUT2D eigenvalue weighted by Gasteiger charge is 2.29. The number of halogens is 3. The average Bonchev–Trinajstić information content (AvgIpc) is 2.31. The fourth-order valence-corrected chi connectivity index (χ4v) is 1.99. The fourth-order valence-electron chi connectivity index (χ4n) is 1.47. The largest absolute Gasteiger partial charge is 0.482 e. The van der Waals surface area contributed by atoms with Crippen molar-refractivity contribution in [2.24, 2.45) is 10.6 Å². The van der Waals surface area contributed by atoms with Gasteiger partial charge < -0.3 is 10.1 Å². The van der Waals surface area contributed by atoms with Gasteiger partial charge in [0, 0.05) is 12.6 Å². The Morgan fingerprint density at radius 3 is 2.27 bits per heavy atom. The van der Waals surface area contributed by atoms with Crippen LogP contribution in [0.25, 0.3) is 0 Å². The van der Waals surface area contributed by atoms with Crippen LogP contribution < -0.4 is 15.2 Å². The first-order valence-corrected chi connectivity index (χ1v) is 7.93. The number of benzene rings is 1. The summed E-state index contributed by atoms with van der Waals surface area (Å²) in [4.78, 5) is -0.314. The van der Waals surface area contributed by atoms with Crippen molar-refractivity contribution in [1.29, 1.82) is 0 Å². The number of hydrogen-bond acceptors (Lipinski definition) is 4. The average molecular weight is 340 g/mol. The molecule has 1 aromatic rings. The van der Waals surface area contributed by atoms with E-state index in [9.17, 15) is 21.6 Å². The Bertz CT molecular complexity index is 622. The van der Waals surface area contributed by atoms with E-state index < -0.39 is 22.8 Å². The Balaban J connectivity index is 3.08. The predicted octanol–water partition coefficient (Wildman–Crippen LogP) is 2.73. The first-order valence-electron chi connectivity index (χ1n) is 6.38. The first-order chi connectivity index (χ1) is 9.78. The van der Waals surface area contributed by atoms with Crippen molar-refractivity contribution in [1.82, 2.24) is 0 Å². The Hall–Kier alpha value is -1.48. The molecule has 0 radical (unpaired) electrons. The number of primary sulfonamides is 1. The molecule has 0 aliphatic carbocycles. The maximum Gasteiger partial charge on any atom is 0.422 e. The van der Waals surface area contributed by atoms with Gasteiger partial charge in [-0.3, -0.25) is 0 Å². The summed E-state index contributed by atoms with van der Waals surface area (Å²) in [5.41, 5.74) is 0.145. The molecule has 0 spiro atoms.